The number of rotatable bonds is 4. The molecule has 42 heavy (non-hydrogen) atoms. The van der Waals surface area contributed by atoms with E-state index in [4.69, 9.17) is 39.9 Å². The van der Waals surface area contributed by atoms with Crippen molar-refractivity contribution in [3.8, 4) is 45.0 Å². The van der Waals surface area contributed by atoms with Gasteiger partial charge in [-0.25, -0.2) is 39.9 Å². The Morgan fingerprint density at radius 2 is 0.405 bits per heavy atom. The Bertz CT molecular complexity index is 1910. The third-order valence-electron chi connectivity index (χ3n) is 6.96. The highest BCUT2D eigenvalue weighted by Gasteiger charge is 2.19. The highest BCUT2D eigenvalue weighted by Crippen LogP contribution is 2.32. The minimum atomic E-state index is 0.330. The number of fused-ring (bicyclic) bond motifs is 3. The summed E-state index contributed by atoms with van der Waals surface area (Å²) in [6, 6.07) is 39.8. The van der Waals surface area contributed by atoms with Crippen LogP contribution in [0.4, 0.5) is 0 Å². The number of hydrogen-bond acceptors (Lipinski definition) is 8. The standard InChI is InChI=1S/C34H20N8/c1-5-13-21(14-6-1)25-26(22-15-7-2-8-16-22)36-30-29(35-25)39-33-34(40-30)42-32-31(41-33)37-27(23-17-9-3-10-18-23)28(38-32)24-19-11-4-12-20-24/h1-20H. The largest absolute Gasteiger partial charge is 0.223 e. The van der Waals surface area contributed by atoms with Gasteiger partial charge in [0.2, 0.25) is 33.9 Å². The van der Waals surface area contributed by atoms with Crippen LogP contribution < -0.4 is 0 Å². The summed E-state index contributed by atoms with van der Waals surface area (Å²) in [6.07, 6.45) is 0. The Hall–Kier alpha value is -6.02. The van der Waals surface area contributed by atoms with Crippen molar-refractivity contribution >= 4 is 33.9 Å². The Balaban J connectivity index is 1.37. The van der Waals surface area contributed by atoms with Crippen molar-refractivity contribution in [2.45, 2.75) is 0 Å². The summed E-state index contributed by atoms with van der Waals surface area (Å²) in [4.78, 5) is 38.7. The molecule has 0 amide bonds. The maximum absolute atomic E-state index is 4.93. The van der Waals surface area contributed by atoms with E-state index < -0.39 is 0 Å². The summed E-state index contributed by atoms with van der Waals surface area (Å²) in [5, 5.41) is 0. The fourth-order valence-electron chi connectivity index (χ4n) is 4.98. The summed E-state index contributed by atoms with van der Waals surface area (Å²) in [5.41, 5.74) is 8.79. The Kier molecular flexibility index (Phi) is 5.60. The second-order valence-corrected chi connectivity index (χ2v) is 9.69. The van der Waals surface area contributed by atoms with E-state index in [1.165, 1.54) is 0 Å². The zero-order valence-electron chi connectivity index (χ0n) is 22.1. The van der Waals surface area contributed by atoms with Gasteiger partial charge in [-0.05, 0) is 0 Å². The average molecular weight is 541 g/mol. The molecular weight excluding hydrogens is 520 g/mol. The lowest BCUT2D eigenvalue weighted by Gasteiger charge is -2.11. The van der Waals surface area contributed by atoms with Gasteiger partial charge in [0.25, 0.3) is 0 Å². The third-order valence-corrected chi connectivity index (χ3v) is 6.96. The highest BCUT2D eigenvalue weighted by atomic mass is 15.1. The maximum Gasteiger partial charge on any atom is 0.202 e. The molecule has 4 aromatic heterocycles. The lowest BCUT2D eigenvalue weighted by atomic mass is 10.0. The smallest absolute Gasteiger partial charge is 0.202 e. The van der Waals surface area contributed by atoms with Gasteiger partial charge in [-0.2, -0.15) is 0 Å². The molecule has 8 rings (SSSR count). The van der Waals surface area contributed by atoms with Gasteiger partial charge in [-0.3, -0.25) is 0 Å². The Morgan fingerprint density at radius 1 is 0.214 bits per heavy atom. The van der Waals surface area contributed by atoms with Crippen molar-refractivity contribution in [1.29, 1.82) is 0 Å². The number of hydrogen-bond donors (Lipinski definition) is 0. The second kappa shape index (κ2) is 9.87. The highest BCUT2D eigenvalue weighted by molar-refractivity contribution is 5.89. The average Bonchev–Trinajstić information content (AvgIpc) is 3.07. The molecule has 0 aliphatic carbocycles. The number of benzene rings is 4. The topological polar surface area (TPSA) is 103 Å². The van der Waals surface area contributed by atoms with E-state index >= 15 is 0 Å². The quantitative estimate of drug-likeness (QED) is 0.220. The van der Waals surface area contributed by atoms with Crippen molar-refractivity contribution < 1.29 is 0 Å². The number of aromatic nitrogens is 8. The van der Waals surface area contributed by atoms with E-state index in [0.717, 1.165) is 45.0 Å². The summed E-state index contributed by atoms with van der Waals surface area (Å²) in [6.45, 7) is 0. The predicted molar refractivity (Wildman–Crippen MR) is 163 cm³/mol. The molecule has 0 bridgehead atoms. The molecule has 0 saturated carbocycles. The SMILES string of the molecule is c1ccc(-c2nc3nc4nc5nc(-c6ccccc6)c(-c6ccccc6)nc5nc4nc3nc2-c2ccccc2)cc1. The molecule has 0 saturated heterocycles. The minimum absolute atomic E-state index is 0.330. The fourth-order valence-corrected chi connectivity index (χ4v) is 4.98. The minimum Gasteiger partial charge on any atom is -0.223 e. The van der Waals surface area contributed by atoms with E-state index in [9.17, 15) is 0 Å². The maximum atomic E-state index is 4.93. The van der Waals surface area contributed by atoms with Crippen molar-refractivity contribution in [1.82, 2.24) is 39.9 Å². The van der Waals surface area contributed by atoms with E-state index in [-0.39, 0.29) is 0 Å². The first-order valence-electron chi connectivity index (χ1n) is 13.5. The van der Waals surface area contributed by atoms with Gasteiger partial charge in [0.05, 0.1) is 22.8 Å². The molecule has 4 heterocycles. The van der Waals surface area contributed by atoms with Crippen LogP contribution in [0.5, 0.6) is 0 Å². The van der Waals surface area contributed by atoms with Crippen LogP contribution in [0.15, 0.2) is 121 Å². The van der Waals surface area contributed by atoms with Crippen LogP contribution in [0, 0.1) is 0 Å². The fraction of sp³-hybridized carbons (Fsp3) is 0. The second-order valence-electron chi connectivity index (χ2n) is 9.69. The van der Waals surface area contributed by atoms with Gasteiger partial charge in [-0.15, -0.1) is 0 Å². The van der Waals surface area contributed by atoms with E-state index in [0.29, 0.717) is 33.9 Å². The van der Waals surface area contributed by atoms with Gasteiger partial charge in [0.1, 0.15) is 0 Å². The molecule has 0 N–H and O–H groups in total. The molecule has 0 fully saturated rings. The van der Waals surface area contributed by atoms with Crippen LogP contribution in [-0.4, -0.2) is 39.9 Å². The lowest BCUT2D eigenvalue weighted by Crippen LogP contribution is -2.04. The summed E-state index contributed by atoms with van der Waals surface area (Å²) >= 11 is 0. The molecule has 0 atom stereocenters. The van der Waals surface area contributed by atoms with Crippen molar-refractivity contribution in [3.05, 3.63) is 121 Å². The van der Waals surface area contributed by atoms with Gasteiger partial charge >= 0.3 is 0 Å². The van der Waals surface area contributed by atoms with Crippen LogP contribution in [0.1, 0.15) is 0 Å². The predicted octanol–water partition coefficient (Wildman–Crippen LogP) is 6.97. The molecule has 0 aliphatic rings. The zero-order chi connectivity index (χ0) is 27.9. The molecule has 8 aromatic rings. The lowest BCUT2D eigenvalue weighted by molar-refractivity contribution is 1.14. The van der Waals surface area contributed by atoms with Gasteiger partial charge in [0.15, 0.2) is 0 Å². The molecule has 0 unspecified atom stereocenters. The zero-order valence-corrected chi connectivity index (χ0v) is 22.1. The molecule has 4 aromatic carbocycles. The van der Waals surface area contributed by atoms with Crippen LogP contribution in [0.25, 0.3) is 78.9 Å². The number of nitrogens with zero attached hydrogens (tertiary/aromatic N) is 8. The monoisotopic (exact) mass is 540 g/mol. The van der Waals surface area contributed by atoms with E-state index in [1.807, 2.05) is 121 Å². The Labute approximate surface area is 239 Å². The van der Waals surface area contributed by atoms with Gasteiger partial charge in [-0.1, -0.05) is 121 Å². The molecule has 8 nitrogen and oxygen atoms in total. The first-order valence-corrected chi connectivity index (χ1v) is 13.5. The molecule has 8 heteroatoms. The van der Waals surface area contributed by atoms with Crippen LogP contribution in [-0.2, 0) is 0 Å². The van der Waals surface area contributed by atoms with Crippen molar-refractivity contribution in [2.24, 2.45) is 0 Å². The van der Waals surface area contributed by atoms with E-state index in [2.05, 4.69) is 0 Å². The summed E-state index contributed by atoms with van der Waals surface area (Å²) < 4.78 is 0. The van der Waals surface area contributed by atoms with Crippen molar-refractivity contribution in [2.75, 3.05) is 0 Å². The first-order chi connectivity index (χ1) is 20.8. The molecule has 196 valence electrons. The summed E-state index contributed by atoms with van der Waals surface area (Å²) in [7, 11) is 0. The van der Waals surface area contributed by atoms with Crippen LogP contribution in [0.2, 0.25) is 0 Å². The Morgan fingerprint density at radius 3 is 0.619 bits per heavy atom. The van der Waals surface area contributed by atoms with Crippen LogP contribution in [0.3, 0.4) is 0 Å². The van der Waals surface area contributed by atoms with Crippen molar-refractivity contribution in [3.63, 3.8) is 0 Å². The molecular formula is C34H20N8. The van der Waals surface area contributed by atoms with Gasteiger partial charge in [0, 0.05) is 22.3 Å². The summed E-state index contributed by atoms with van der Waals surface area (Å²) in [5.74, 6) is 0. The molecule has 0 radical (unpaired) electrons. The molecule has 0 aliphatic heterocycles. The first kappa shape index (κ1) is 23.8. The van der Waals surface area contributed by atoms with E-state index in [1.54, 1.807) is 0 Å². The molecule has 0 spiro atoms. The third kappa shape index (κ3) is 4.18. The normalized spacial score (nSPS) is 11.3. The van der Waals surface area contributed by atoms with Gasteiger partial charge < -0.3 is 0 Å². The van der Waals surface area contributed by atoms with Crippen LogP contribution >= 0.6 is 0 Å².